The number of benzene rings is 1. The van der Waals surface area contributed by atoms with Crippen LogP contribution in [0.5, 0.6) is 5.75 Å². The summed E-state index contributed by atoms with van der Waals surface area (Å²) in [5, 5.41) is 27.7. The Bertz CT molecular complexity index is 462. The van der Waals surface area contributed by atoms with Gasteiger partial charge in [0.2, 0.25) is 5.91 Å². The van der Waals surface area contributed by atoms with E-state index in [0.29, 0.717) is 6.54 Å². The Morgan fingerprint density at radius 3 is 2.67 bits per heavy atom. The first-order chi connectivity index (χ1) is 8.58. The van der Waals surface area contributed by atoms with Crippen molar-refractivity contribution in [2.45, 2.75) is 13.5 Å². The third-order valence-corrected chi connectivity index (χ3v) is 2.61. The maximum atomic E-state index is 11.7. The Kier molecular flexibility index (Phi) is 4.88. The molecule has 0 aromatic heterocycles. The summed E-state index contributed by atoms with van der Waals surface area (Å²) in [4.78, 5) is 11.7. The van der Waals surface area contributed by atoms with Gasteiger partial charge < -0.3 is 15.8 Å². The van der Waals surface area contributed by atoms with Crippen LogP contribution in [0, 0.1) is 28.6 Å². The summed E-state index contributed by atoms with van der Waals surface area (Å²) < 4.78 is 0. The fraction of sp³-hybridized carbons (Fsp3) is 0.308. The molecular formula is C13H15N3O2. The molecule has 0 heterocycles. The zero-order valence-corrected chi connectivity index (χ0v) is 10.1. The van der Waals surface area contributed by atoms with Crippen molar-refractivity contribution in [1.82, 2.24) is 5.32 Å². The van der Waals surface area contributed by atoms with Crippen molar-refractivity contribution in [3.63, 3.8) is 0 Å². The van der Waals surface area contributed by atoms with Crippen molar-refractivity contribution >= 4 is 12.1 Å². The number of phenols is 1. The van der Waals surface area contributed by atoms with Crippen LogP contribution in [0.25, 0.3) is 0 Å². The smallest absolute Gasteiger partial charge is 0.238 e. The Hall–Kier alpha value is -2.35. The van der Waals surface area contributed by atoms with Crippen LogP contribution in [0.1, 0.15) is 12.5 Å². The molecule has 18 heavy (non-hydrogen) atoms. The van der Waals surface area contributed by atoms with Gasteiger partial charge in [0.05, 0.1) is 6.07 Å². The van der Waals surface area contributed by atoms with Gasteiger partial charge in [-0.25, -0.2) is 0 Å². The van der Waals surface area contributed by atoms with Crippen LogP contribution in [0.15, 0.2) is 24.3 Å². The standard InChI is InChI=1S/C13H15N3O2/c1-9(6-14)12(7-15)13(18)16-8-10-2-4-11(17)5-3-10/h2-6,9,12,14,17H,8H2,1H3,(H,16,18). The molecule has 94 valence electrons. The molecule has 0 aliphatic carbocycles. The summed E-state index contributed by atoms with van der Waals surface area (Å²) in [7, 11) is 0. The van der Waals surface area contributed by atoms with Crippen molar-refractivity contribution < 1.29 is 9.90 Å². The molecule has 0 bridgehead atoms. The van der Waals surface area contributed by atoms with Gasteiger partial charge in [0.1, 0.15) is 11.7 Å². The summed E-state index contributed by atoms with van der Waals surface area (Å²) in [5.41, 5.74) is 0.834. The summed E-state index contributed by atoms with van der Waals surface area (Å²) >= 11 is 0. The molecule has 5 heteroatoms. The van der Waals surface area contributed by atoms with Crippen molar-refractivity contribution in [3.8, 4) is 11.8 Å². The Morgan fingerprint density at radius 1 is 1.56 bits per heavy atom. The number of rotatable bonds is 5. The monoisotopic (exact) mass is 245 g/mol. The first-order valence-corrected chi connectivity index (χ1v) is 5.54. The highest BCUT2D eigenvalue weighted by atomic mass is 16.3. The molecule has 0 fully saturated rings. The number of amides is 1. The van der Waals surface area contributed by atoms with Crippen LogP contribution in [0.3, 0.4) is 0 Å². The molecule has 3 N–H and O–H groups in total. The SMILES string of the molecule is CC(C=N)C(C#N)C(=O)NCc1ccc(O)cc1. The van der Waals surface area contributed by atoms with Gasteiger partial charge in [0, 0.05) is 12.5 Å². The lowest BCUT2D eigenvalue weighted by molar-refractivity contribution is -0.124. The van der Waals surface area contributed by atoms with E-state index in [-0.39, 0.29) is 11.7 Å². The molecule has 0 spiro atoms. The topological polar surface area (TPSA) is 97.0 Å². The van der Waals surface area contributed by atoms with E-state index in [9.17, 15) is 4.79 Å². The summed E-state index contributed by atoms with van der Waals surface area (Å²) in [6.45, 7) is 1.95. The van der Waals surface area contributed by atoms with Crippen LogP contribution in [-0.2, 0) is 11.3 Å². The Balaban J connectivity index is 2.57. The maximum Gasteiger partial charge on any atom is 0.238 e. The summed E-state index contributed by atoms with van der Waals surface area (Å²) in [6, 6.07) is 8.34. The maximum absolute atomic E-state index is 11.7. The number of hydrogen-bond acceptors (Lipinski definition) is 4. The number of nitriles is 1. The van der Waals surface area contributed by atoms with Crippen LogP contribution in [0.4, 0.5) is 0 Å². The van der Waals surface area contributed by atoms with Gasteiger partial charge in [-0.1, -0.05) is 19.1 Å². The molecule has 1 amide bonds. The minimum Gasteiger partial charge on any atom is -0.508 e. The molecule has 0 saturated heterocycles. The molecule has 1 aromatic carbocycles. The van der Waals surface area contributed by atoms with E-state index in [2.05, 4.69) is 5.32 Å². The Labute approximate surface area is 106 Å². The molecule has 2 unspecified atom stereocenters. The Morgan fingerprint density at radius 2 is 2.17 bits per heavy atom. The second-order valence-electron chi connectivity index (χ2n) is 4.02. The van der Waals surface area contributed by atoms with Crippen LogP contribution in [0.2, 0.25) is 0 Å². The number of nitrogens with zero attached hydrogens (tertiary/aromatic N) is 1. The zero-order valence-electron chi connectivity index (χ0n) is 10.1. The first kappa shape index (κ1) is 13.7. The molecular weight excluding hydrogens is 230 g/mol. The fourth-order valence-electron chi connectivity index (χ4n) is 1.42. The van der Waals surface area contributed by atoms with Crippen molar-refractivity contribution in [1.29, 1.82) is 10.7 Å². The van der Waals surface area contributed by atoms with E-state index in [0.717, 1.165) is 11.8 Å². The zero-order chi connectivity index (χ0) is 13.5. The lowest BCUT2D eigenvalue weighted by Crippen LogP contribution is -2.33. The number of carbonyl (C=O) groups excluding carboxylic acids is 1. The van der Waals surface area contributed by atoms with Crippen molar-refractivity contribution in [2.75, 3.05) is 0 Å². The quantitative estimate of drug-likeness (QED) is 0.684. The minimum absolute atomic E-state index is 0.164. The van der Waals surface area contributed by atoms with Crippen molar-refractivity contribution in [2.24, 2.45) is 11.8 Å². The average molecular weight is 245 g/mol. The molecule has 1 aromatic rings. The van der Waals surface area contributed by atoms with E-state index in [4.69, 9.17) is 15.8 Å². The largest absolute Gasteiger partial charge is 0.508 e. The number of hydrogen-bond donors (Lipinski definition) is 3. The van der Waals surface area contributed by atoms with Crippen LogP contribution >= 0.6 is 0 Å². The molecule has 0 saturated carbocycles. The molecule has 1 rings (SSSR count). The fourth-order valence-corrected chi connectivity index (χ4v) is 1.42. The normalized spacial score (nSPS) is 13.1. The van der Waals surface area contributed by atoms with E-state index in [1.54, 1.807) is 19.1 Å². The van der Waals surface area contributed by atoms with Crippen molar-refractivity contribution in [3.05, 3.63) is 29.8 Å². The van der Waals surface area contributed by atoms with E-state index < -0.39 is 11.8 Å². The van der Waals surface area contributed by atoms with E-state index in [1.165, 1.54) is 12.1 Å². The van der Waals surface area contributed by atoms with Crippen LogP contribution in [-0.4, -0.2) is 17.2 Å². The number of nitrogens with one attached hydrogen (secondary N) is 2. The minimum atomic E-state index is -0.848. The number of aromatic hydroxyl groups is 1. The predicted octanol–water partition coefficient (Wildman–Crippen LogP) is 1.43. The molecule has 0 aliphatic rings. The highest BCUT2D eigenvalue weighted by molar-refractivity contribution is 5.84. The molecule has 5 nitrogen and oxygen atoms in total. The third-order valence-electron chi connectivity index (χ3n) is 2.61. The van der Waals surface area contributed by atoms with Gasteiger partial charge in [-0.05, 0) is 23.9 Å². The highest BCUT2D eigenvalue weighted by Gasteiger charge is 2.22. The van der Waals surface area contributed by atoms with E-state index >= 15 is 0 Å². The molecule has 0 radical (unpaired) electrons. The lowest BCUT2D eigenvalue weighted by atomic mass is 9.96. The van der Waals surface area contributed by atoms with Gasteiger partial charge >= 0.3 is 0 Å². The van der Waals surface area contributed by atoms with Gasteiger partial charge in [-0.3, -0.25) is 4.79 Å². The number of carbonyl (C=O) groups is 1. The summed E-state index contributed by atoms with van der Waals surface area (Å²) in [5.74, 6) is -1.48. The highest BCUT2D eigenvalue weighted by Crippen LogP contribution is 2.11. The second-order valence-corrected chi connectivity index (χ2v) is 4.02. The summed E-state index contributed by atoms with van der Waals surface area (Å²) in [6.07, 6.45) is 1.09. The first-order valence-electron chi connectivity index (χ1n) is 5.54. The van der Waals surface area contributed by atoms with Gasteiger partial charge in [-0.15, -0.1) is 0 Å². The van der Waals surface area contributed by atoms with E-state index in [1.807, 2.05) is 6.07 Å². The van der Waals surface area contributed by atoms with Gasteiger partial charge in [-0.2, -0.15) is 5.26 Å². The predicted molar refractivity (Wildman–Crippen MR) is 67.0 cm³/mol. The third kappa shape index (κ3) is 3.59. The van der Waals surface area contributed by atoms with Gasteiger partial charge in [0.25, 0.3) is 0 Å². The number of phenolic OH excluding ortho intramolecular Hbond substituents is 1. The molecule has 0 aliphatic heterocycles. The van der Waals surface area contributed by atoms with Gasteiger partial charge in [0.15, 0.2) is 0 Å². The average Bonchev–Trinajstić information content (AvgIpc) is 2.38. The molecule has 2 atom stereocenters. The van der Waals surface area contributed by atoms with Crippen LogP contribution < -0.4 is 5.32 Å². The lowest BCUT2D eigenvalue weighted by Gasteiger charge is -2.13. The second kappa shape index (κ2) is 6.40.